The molecule has 1 atom stereocenters. The summed E-state index contributed by atoms with van der Waals surface area (Å²) in [7, 11) is 0. The second-order valence-electron chi connectivity index (χ2n) is 7.45. The molecule has 160 valence electrons. The van der Waals surface area contributed by atoms with E-state index in [9.17, 15) is 9.59 Å². The summed E-state index contributed by atoms with van der Waals surface area (Å²) in [6, 6.07) is 15.0. The van der Waals surface area contributed by atoms with Crippen LogP contribution in [0.3, 0.4) is 0 Å². The molecule has 0 fully saturated rings. The lowest BCUT2D eigenvalue weighted by molar-refractivity contribution is -0.140. The van der Waals surface area contributed by atoms with Gasteiger partial charge in [-0.25, -0.2) is 0 Å². The molecular formula is C24H30N2O4. The van der Waals surface area contributed by atoms with Crippen LogP contribution in [-0.4, -0.2) is 42.5 Å². The number of fused-ring (bicyclic) bond motifs is 1. The Balaban J connectivity index is 1.68. The standard InChI is InChI=1S/C24H30N2O4/c1-3-13-25-24(28)18(2)26(17-20-7-5-4-6-8-20)23(27)12-10-19-9-11-21-22(16-19)30-15-14-29-21/h4-9,11,16,18H,3,10,12-15,17H2,1-2H3,(H,25,28). The molecule has 0 aliphatic carbocycles. The summed E-state index contributed by atoms with van der Waals surface area (Å²) in [5.41, 5.74) is 2.01. The van der Waals surface area contributed by atoms with Crippen molar-refractivity contribution in [2.45, 2.75) is 45.7 Å². The van der Waals surface area contributed by atoms with Crippen LogP contribution in [0.15, 0.2) is 48.5 Å². The number of ether oxygens (including phenoxy) is 2. The lowest BCUT2D eigenvalue weighted by Crippen LogP contribution is -2.47. The Hall–Kier alpha value is -3.02. The molecule has 0 saturated carbocycles. The quantitative estimate of drug-likeness (QED) is 0.689. The summed E-state index contributed by atoms with van der Waals surface area (Å²) >= 11 is 0. The van der Waals surface area contributed by atoms with E-state index in [2.05, 4.69) is 5.32 Å². The predicted molar refractivity (Wildman–Crippen MR) is 116 cm³/mol. The summed E-state index contributed by atoms with van der Waals surface area (Å²) in [5, 5.41) is 2.90. The van der Waals surface area contributed by atoms with E-state index in [0.29, 0.717) is 39.1 Å². The van der Waals surface area contributed by atoms with Gasteiger partial charge in [0.15, 0.2) is 11.5 Å². The molecule has 0 aromatic heterocycles. The third-order valence-electron chi connectivity index (χ3n) is 5.15. The average Bonchev–Trinajstić information content (AvgIpc) is 2.79. The van der Waals surface area contributed by atoms with Crippen molar-refractivity contribution in [3.8, 4) is 11.5 Å². The molecule has 2 aromatic rings. The van der Waals surface area contributed by atoms with Crippen LogP contribution in [0, 0.1) is 0 Å². The molecule has 6 heteroatoms. The van der Waals surface area contributed by atoms with Crippen molar-refractivity contribution in [1.29, 1.82) is 0 Å². The van der Waals surface area contributed by atoms with Gasteiger partial charge in [0, 0.05) is 19.5 Å². The van der Waals surface area contributed by atoms with Crippen LogP contribution >= 0.6 is 0 Å². The van der Waals surface area contributed by atoms with Gasteiger partial charge in [0.05, 0.1) is 0 Å². The molecule has 2 aromatic carbocycles. The first-order chi connectivity index (χ1) is 14.6. The topological polar surface area (TPSA) is 67.9 Å². The number of carbonyl (C=O) groups excluding carboxylic acids is 2. The maximum absolute atomic E-state index is 13.1. The lowest BCUT2D eigenvalue weighted by Gasteiger charge is -2.29. The van der Waals surface area contributed by atoms with Crippen molar-refractivity contribution in [3.63, 3.8) is 0 Å². The Kier molecular flexibility index (Phi) is 7.71. The van der Waals surface area contributed by atoms with Crippen molar-refractivity contribution in [2.75, 3.05) is 19.8 Å². The number of carbonyl (C=O) groups is 2. The van der Waals surface area contributed by atoms with Crippen LogP contribution in [0.4, 0.5) is 0 Å². The predicted octanol–water partition coefficient (Wildman–Crippen LogP) is 3.33. The fourth-order valence-corrected chi connectivity index (χ4v) is 3.40. The molecule has 1 aliphatic heterocycles. The Morgan fingerprint density at radius 1 is 1.03 bits per heavy atom. The van der Waals surface area contributed by atoms with Crippen LogP contribution in [0.2, 0.25) is 0 Å². The Bertz CT molecular complexity index is 854. The van der Waals surface area contributed by atoms with E-state index in [1.165, 1.54) is 0 Å². The minimum absolute atomic E-state index is 0.0482. The first kappa shape index (κ1) is 21.7. The van der Waals surface area contributed by atoms with E-state index < -0.39 is 6.04 Å². The van der Waals surface area contributed by atoms with E-state index in [1.54, 1.807) is 11.8 Å². The van der Waals surface area contributed by atoms with Crippen LogP contribution in [0.1, 0.15) is 37.8 Å². The van der Waals surface area contributed by atoms with E-state index in [1.807, 2.05) is 55.5 Å². The monoisotopic (exact) mass is 410 g/mol. The largest absolute Gasteiger partial charge is 0.486 e. The highest BCUT2D eigenvalue weighted by Gasteiger charge is 2.25. The van der Waals surface area contributed by atoms with E-state index in [4.69, 9.17) is 9.47 Å². The fraction of sp³-hybridized carbons (Fsp3) is 0.417. The average molecular weight is 411 g/mol. The minimum atomic E-state index is -0.537. The van der Waals surface area contributed by atoms with Gasteiger partial charge in [0.1, 0.15) is 19.3 Å². The summed E-state index contributed by atoms with van der Waals surface area (Å²) in [6.07, 6.45) is 1.75. The number of benzene rings is 2. The zero-order valence-corrected chi connectivity index (χ0v) is 17.7. The molecule has 6 nitrogen and oxygen atoms in total. The normalized spacial score (nSPS) is 13.4. The fourth-order valence-electron chi connectivity index (χ4n) is 3.40. The zero-order valence-electron chi connectivity index (χ0n) is 17.7. The van der Waals surface area contributed by atoms with Crippen LogP contribution < -0.4 is 14.8 Å². The minimum Gasteiger partial charge on any atom is -0.486 e. The molecule has 3 rings (SSSR count). The first-order valence-corrected chi connectivity index (χ1v) is 10.6. The number of nitrogens with one attached hydrogen (secondary N) is 1. The van der Waals surface area contributed by atoms with Gasteiger partial charge in [-0.1, -0.05) is 43.3 Å². The molecule has 30 heavy (non-hydrogen) atoms. The second-order valence-corrected chi connectivity index (χ2v) is 7.45. The molecule has 0 radical (unpaired) electrons. The van der Waals surface area contributed by atoms with Gasteiger partial charge in [0.25, 0.3) is 0 Å². The van der Waals surface area contributed by atoms with Gasteiger partial charge < -0.3 is 19.7 Å². The molecule has 1 N–H and O–H groups in total. The maximum atomic E-state index is 13.1. The molecule has 2 amide bonds. The van der Waals surface area contributed by atoms with Crippen molar-refractivity contribution >= 4 is 11.8 Å². The van der Waals surface area contributed by atoms with Crippen molar-refractivity contribution in [1.82, 2.24) is 10.2 Å². The van der Waals surface area contributed by atoms with Crippen LogP contribution in [-0.2, 0) is 22.6 Å². The summed E-state index contributed by atoms with van der Waals surface area (Å²) in [5.74, 6) is 1.29. The van der Waals surface area contributed by atoms with Crippen LogP contribution in [0.25, 0.3) is 0 Å². The Labute approximate surface area is 178 Å². The van der Waals surface area contributed by atoms with Crippen molar-refractivity contribution < 1.29 is 19.1 Å². The third-order valence-corrected chi connectivity index (χ3v) is 5.15. The van der Waals surface area contributed by atoms with Crippen molar-refractivity contribution in [3.05, 3.63) is 59.7 Å². The smallest absolute Gasteiger partial charge is 0.242 e. The Morgan fingerprint density at radius 3 is 2.50 bits per heavy atom. The highest BCUT2D eigenvalue weighted by Crippen LogP contribution is 2.31. The molecule has 0 spiro atoms. The summed E-state index contributed by atoms with van der Waals surface area (Å²) < 4.78 is 11.2. The summed E-state index contributed by atoms with van der Waals surface area (Å²) in [6.45, 7) is 5.89. The number of hydrogen-bond donors (Lipinski definition) is 1. The Morgan fingerprint density at radius 2 is 1.77 bits per heavy atom. The third kappa shape index (κ3) is 5.75. The van der Waals surface area contributed by atoms with Gasteiger partial charge in [0.2, 0.25) is 11.8 Å². The van der Waals surface area contributed by atoms with E-state index in [0.717, 1.165) is 29.0 Å². The van der Waals surface area contributed by atoms with E-state index >= 15 is 0 Å². The lowest BCUT2D eigenvalue weighted by atomic mass is 10.1. The zero-order chi connectivity index (χ0) is 21.3. The molecule has 0 saturated heterocycles. The summed E-state index contributed by atoms with van der Waals surface area (Å²) in [4.78, 5) is 27.3. The molecule has 0 bridgehead atoms. The number of hydrogen-bond acceptors (Lipinski definition) is 4. The molecule has 1 heterocycles. The molecule has 1 aliphatic rings. The maximum Gasteiger partial charge on any atom is 0.242 e. The van der Waals surface area contributed by atoms with Gasteiger partial charge >= 0.3 is 0 Å². The van der Waals surface area contributed by atoms with Crippen LogP contribution in [0.5, 0.6) is 11.5 Å². The van der Waals surface area contributed by atoms with Gasteiger partial charge in [-0.2, -0.15) is 0 Å². The van der Waals surface area contributed by atoms with E-state index in [-0.39, 0.29) is 11.8 Å². The number of amides is 2. The van der Waals surface area contributed by atoms with Gasteiger partial charge in [-0.15, -0.1) is 0 Å². The highest BCUT2D eigenvalue weighted by molar-refractivity contribution is 5.87. The highest BCUT2D eigenvalue weighted by atomic mass is 16.6. The number of nitrogens with zero attached hydrogens (tertiary/aromatic N) is 1. The number of aryl methyl sites for hydroxylation is 1. The SMILES string of the molecule is CCCNC(=O)C(C)N(Cc1ccccc1)C(=O)CCc1ccc2c(c1)OCCO2. The number of rotatable bonds is 9. The second kappa shape index (κ2) is 10.7. The van der Waals surface area contributed by atoms with Crippen molar-refractivity contribution in [2.24, 2.45) is 0 Å². The molecule has 1 unspecified atom stereocenters. The van der Waals surface area contributed by atoms with Gasteiger partial charge in [-0.05, 0) is 43.0 Å². The molecular weight excluding hydrogens is 380 g/mol. The first-order valence-electron chi connectivity index (χ1n) is 10.6. The van der Waals surface area contributed by atoms with Gasteiger partial charge in [-0.3, -0.25) is 9.59 Å².